The van der Waals surface area contributed by atoms with Crippen molar-refractivity contribution in [3.63, 3.8) is 0 Å². The van der Waals surface area contributed by atoms with E-state index in [1.807, 2.05) is 42.5 Å². The van der Waals surface area contributed by atoms with E-state index < -0.39 is 0 Å². The summed E-state index contributed by atoms with van der Waals surface area (Å²) in [5.41, 5.74) is 2.72. The fourth-order valence-electron chi connectivity index (χ4n) is 2.61. The van der Waals surface area contributed by atoms with E-state index in [9.17, 15) is 0 Å². The molecule has 0 aliphatic heterocycles. The second kappa shape index (κ2) is 9.75. The molecule has 0 radical (unpaired) electrons. The highest BCUT2D eigenvalue weighted by atomic mass is 79.9. The lowest BCUT2D eigenvalue weighted by Gasteiger charge is -2.18. The normalized spacial score (nSPS) is 10.6. The van der Waals surface area contributed by atoms with Crippen LogP contribution in [0.15, 0.2) is 59.1 Å². The lowest BCUT2D eigenvalue weighted by Crippen LogP contribution is -2.06. The molecule has 28 heavy (non-hydrogen) atoms. The van der Waals surface area contributed by atoms with E-state index in [2.05, 4.69) is 21.2 Å². The molecular weight excluding hydrogens is 484 g/mol. The number of benzene rings is 3. The van der Waals surface area contributed by atoms with Crippen LogP contribution in [0.1, 0.15) is 11.1 Å². The van der Waals surface area contributed by atoms with Crippen LogP contribution >= 0.6 is 50.7 Å². The standard InChI is InChI=1S/C21H17BrCl3NO2/c1-27-20-9-8-18(22)17(11-26-16-6-4-14(23)5-7-16)21(20)28-12-13-2-3-15(24)10-19(13)25/h2-10,26H,11-12H2,1H3. The topological polar surface area (TPSA) is 30.5 Å². The van der Waals surface area contributed by atoms with Gasteiger partial charge in [-0.1, -0.05) is 56.8 Å². The molecule has 0 saturated heterocycles. The Balaban J connectivity index is 1.83. The van der Waals surface area contributed by atoms with E-state index in [0.29, 0.717) is 33.1 Å². The maximum atomic E-state index is 6.27. The monoisotopic (exact) mass is 499 g/mol. The number of halogens is 4. The Morgan fingerprint density at radius 2 is 1.64 bits per heavy atom. The summed E-state index contributed by atoms with van der Waals surface area (Å²) < 4.78 is 12.5. The Kier molecular flexibility index (Phi) is 7.36. The lowest BCUT2D eigenvalue weighted by atomic mass is 10.1. The molecule has 0 unspecified atom stereocenters. The smallest absolute Gasteiger partial charge is 0.167 e. The Morgan fingerprint density at radius 3 is 2.32 bits per heavy atom. The Hall–Kier alpha value is -1.59. The summed E-state index contributed by atoms with van der Waals surface area (Å²) in [6.07, 6.45) is 0. The van der Waals surface area contributed by atoms with Gasteiger partial charge >= 0.3 is 0 Å². The third kappa shape index (κ3) is 5.26. The highest BCUT2D eigenvalue weighted by Gasteiger charge is 2.15. The van der Waals surface area contributed by atoms with Crippen molar-refractivity contribution < 1.29 is 9.47 Å². The minimum Gasteiger partial charge on any atom is -0.493 e. The molecule has 0 aliphatic carbocycles. The number of hydrogen-bond acceptors (Lipinski definition) is 3. The molecule has 3 aromatic carbocycles. The molecule has 0 atom stereocenters. The highest BCUT2D eigenvalue weighted by molar-refractivity contribution is 9.10. The predicted molar refractivity (Wildman–Crippen MR) is 120 cm³/mol. The third-order valence-electron chi connectivity index (χ3n) is 4.09. The zero-order valence-electron chi connectivity index (χ0n) is 14.9. The summed E-state index contributed by atoms with van der Waals surface area (Å²) in [5.74, 6) is 1.28. The molecule has 0 heterocycles. The van der Waals surface area contributed by atoms with Crippen molar-refractivity contribution in [1.29, 1.82) is 0 Å². The second-order valence-electron chi connectivity index (χ2n) is 5.94. The Bertz CT molecular complexity index is 965. The van der Waals surface area contributed by atoms with Crippen molar-refractivity contribution in [3.05, 3.63) is 85.3 Å². The molecule has 0 spiro atoms. The Labute approximate surface area is 187 Å². The molecule has 0 bridgehead atoms. The minimum atomic E-state index is 0.288. The molecular formula is C21H17BrCl3NO2. The van der Waals surface area contributed by atoms with Crippen molar-refractivity contribution in [2.45, 2.75) is 13.2 Å². The van der Waals surface area contributed by atoms with Gasteiger partial charge in [-0.3, -0.25) is 0 Å². The van der Waals surface area contributed by atoms with Crippen LogP contribution in [0.5, 0.6) is 11.5 Å². The molecule has 0 fully saturated rings. The van der Waals surface area contributed by atoms with Crippen molar-refractivity contribution in [2.24, 2.45) is 0 Å². The van der Waals surface area contributed by atoms with Gasteiger partial charge in [-0.2, -0.15) is 0 Å². The fourth-order valence-corrected chi connectivity index (χ4v) is 3.65. The van der Waals surface area contributed by atoms with E-state index >= 15 is 0 Å². The molecule has 0 aromatic heterocycles. The number of anilines is 1. The quantitative estimate of drug-likeness (QED) is 0.361. The predicted octanol–water partition coefficient (Wildman–Crippen LogP) is 7.61. The van der Waals surface area contributed by atoms with Crippen LogP contribution in [0.4, 0.5) is 5.69 Å². The molecule has 3 aromatic rings. The van der Waals surface area contributed by atoms with Crippen LogP contribution < -0.4 is 14.8 Å². The summed E-state index contributed by atoms with van der Waals surface area (Å²) in [5, 5.41) is 5.20. The Morgan fingerprint density at radius 1 is 0.929 bits per heavy atom. The van der Waals surface area contributed by atoms with E-state index in [1.165, 1.54) is 0 Å². The van der Waals surface area contributed by atoms with E-state index in [0.717, 1.165) is 21.3 Å². The van der Waals surface area contributed by atoms with Gasteiger partial charge in [0.1, 0.15) is 6.61 Å². The van der Waals surface area contributed by atoms with Crippen molar-refractivity contribution in [2.75, 3.05) is 12.4 Å². The SMILES string of the molecule is COc1ccc(Br)c(CNc2ccc(Cl)cc2)c1OCc1ccc(Cl)cc1Cl. The molecule has 1 N–H and O–H groups in total. The average molecular weight is 502 g/mol. The van der Waals surface area contributed by atoms with Gasteiger partial charge in [0.25, 0.3) is 0 Å². The first-order chi connectivity index (χ1) is 13.5. The molecule has 3 nitrogen and oxygen atoms in total. The maximum absolute atomic E-state index is 6.27. The van der Waals surface area contributed by atoms with Gasteiger partial charge in [-0.25, -0.2) is 0 Å². The molecule has 0 amide bonds. The fraction of sp³-hybridized carbons (Fsp3) is 0.143. The van der Waals surface area contributed by atoms with Gasteiger partial charge in [0.2, 0.25) is 0 Å². The van der Waals surface area contributed by atoms with Crippen LogP contribution in [0, 0.1) is 0 Å². The van der Waals surface area contributed by atoms with E-state index in [4.69, 9.17) is 44.3 Å². The molecule has 0 aliphatic rings. The first kappa shape index (κ1) is 21.1. The second-order valence-corrected chi connectivity index (χ2v) is 8.08. The number of hydrogen-bond donors (Lipinski definition) is 1. The van der Waals surface area contributed by atoms with Gasteiger partial charge in [0, 0.05) is 42.9 Å². The van der Waals surface area contributed by atoms with Gasteiger partial charge in [-0.05, 0) is 48.5 Å². The molecule has 0 saturated carbocycles. The van der Waals surface area contributed by atoms with Crippen LogP contribution in [-0.2, 0) is 13.2 Å². The van der Waals surface area contributed by atoms with Gasteiger partial charge in [-0.15, -0.1) is 0 Å². The third-order valence-corrected chi connectivity index (χ3v) is 5.67. The summed E-state index contributed by atoms with van der Waals surface area (Å²) in [6.45, 7) is 0.819. The number of methoxy groups -OCH3 is 1. The highest BCUT2D eigenvalue weighted by Crippen LogP contribution is 2.37. The first-order valence-corrected chi connectivity index (χ1v) is 10.3. The zero-order valence-corrected chi connectivity index (χ0v) is 18.8. The first-order valence-electron chi connectivity index (χ1n) is 8.39. The molecule has 3 rings (SSSR count). The zero-order chi connectivity index (χ0) is 20.1. The van der Waals surface area contributed by atoms with E-state index in [1.54, 1.807) is 19.2 Å². The van der Waals surface area contributed by atoms with Crippen LogP contribution in [-0.4, -0.2) is 7.11 Å². The van der Waals surface area contributed by atoms with Crippen molar-refractivity contribution >= 4 is 56.4 Å². The van der Waals surface area contributed by atoms with Crippen LogP contribution in [0.25, 0.3) is 0 Å². The summed E-state index contributed by atoms with van der Waals surface area (Å²) in [7, 11) is 1.61. The number of ether oxygens (including phenoxy) is 2. The van der Waals surface area contributed by atoms with Crippen LogP contribution in [0.2, 0.25) is 15.1 Å². The largest absolute Gasteiger partial charge is 0.493 e. The molecule has 146 valence electrons. The molecule has 7 heteroatoms. The van der Waals surface area contributed by atoms with Crippen molar-refractivity contribution in [1.82, 2.24) is 0 Å². The summed E-state index contributed by atoms with van der Waals surface area (Å²) >= 11 is 21.8. The number of rotatable bonds is 7. The van der Waals surface area contributed by atoms with Crippen LogP contribution in [0.3, 0.4) is 0 Å². The average Bonchev–Trinajstić information content (AvgIpc) is 2.68. The lowest BCUT2D eigenvalue weighted by molar-refractivity contribution is 0.281. The maximum Gasteiger partial charge on any atom is 0.167 e. The minimum absolute atomic E-state index is 0.288. The van der Waals surface area contributed by atoms with Gasteiger partial charge in [0.15, 0.2) is 11.5 Å². The van der Waals surface area contributed by atoms with Gasteiger partial charge in [0.05, 0.1) is 7.11 Å². The summed E-state index contributed by atoms with van der Waals surface area (Å²) in [4.78, 5) is 0. The van der Waals surface area contributed by atoms with E-state index in [-0.39, 0.29) is 6.61 Å². The number of nitrogens with one attached hydrogen (secondary N) is 1. The summed E-state index contributed by atoms with van der Waals surface area (Å²) in [6, 6.07) is 16.6. The van der Waals surface area contributed by atoms with Gasteiger partial charge < -0.3 is 14.8 Å². The van der Waals surface area contributed by atoms with Crippen molar-refractivity contribution in [3.8, 4) is 11.5 Å².